The molecule has 0 unspecified atom stereocenters. The van der Waals surface area contributed by atoms with Gasteiger partial charge >= 0.3 is 0 Å². The molecule has 0 atom stereocenters. The first kappa shape index (κ1) is 24.3. The van der Waals surface area contributed by atoms with Gasteiger partial charge in [0.1, 0.15) is 18.2 Å². The zero-order valence-electron chi connectivity index (χ0n) is 21.3. The summed E-state index contributed by atoms with van der Waals surface area (Å²) in [6, 6.07) is 32.5. The first-order valence-corrected chi connectivity index (χ1v) is 12.6. The van der Waals surface area contributed by atoms with Crippen LogP contribution in [-0.4, -0.2) is 22.1 Å². The molecule has 0 bridgehead atoms. The molecule has 0 radical (unpaired) electrons. The van der Waals surface area contributed by atoms with Crippen molar-refractivity contribution in [2.45, 2.75) is 33.4 Å². The molecule has 0 aliphatic rings. The van der Waals surface area contributed by atoms with Gasteiger partial charge in [0, 0.05) is 0 Å². The Morgan fingerprint density at radius 2 is 1.57 bits per heavy atom. The van der Waals surface area contributed by atoms with Crippen LogP contribution >= 0.6 is 0 Å². The molecule has 0 aliphatic carbocycles. The fourth-order valence-electron chi connectivity index (χ4n) is 4.51. The molecule has 5 nitrogen and oxygen atoms in total. The van der Waals surface area contributed by atoms with Crippen LogP contribution in [0.25, 0.3) is 22.2 Å². The first-order valence-electron chi connectivity index (χ1n) is 12.6. The summed E-state index contributed by atoms with van der Waals surface area (Å²) in [6.45, 7) is 5.68. The number of carbonyl (C=O) groups excluding carboxylic acids is 1. The molecule has 0 spiro atoms. The number of carbonyl (C=O) groups is 1. The van der Waals surface area contributed by atoms with Crippen molar-refractivity contribution in [1.29, 1.82) is 0 Å². The molecule has 4 aromatic carbocycles. The number of para-hydroxylation sites is 2. The summed E-state index contributed by atoms with van der Waals surface area (Å²) in [4.78, 5) is 17.5. The zero-order valence-corrected chi connectivity index (χ0v) is 21.3. The molecule has 186 valence electrons. The van der Waals surface area contributed by atoms with E-state index in [2.05, 4.69) is 60.1 Å². The maximum Gasteiger partial charge on any atom is 0.224 e. The Morgan fingerprint density at radius 3 is 2.38 bits per heavy atom. The predicted molar refractivity (Wildman–Crippen MR) is 149 cm³/mol. The molecule has 1 heterocycles. The lowest BCUT2D eigenvalue weighted by atomic mass is 10.0. The van der Waals surface area contributed by atoms with Gasteiger partial charge in [-0.2, -0.15) is 0 Å². The number of aryl methyl sites for hydroxylation is 1. The lowest BCUT2D eigenvalue weighted by molar-refractivity contribution is -0.120. The summed E-state index contributed by atoms with van der Waals surface area (Å²) >= 11 is 0. The second-order valence-corrected chi connectivity index (χ2v) is 9.23. The van der Waals surface area contributed by atoms with Gasteiger partial charge in [0.2, 0.25) is 5.91 Å². The molecular weight excluding hydrogens is 458 g/mol. The number of fused-ring (bicyclic) bond motifs is 1. The second-order valence-electron chi connectivity index (χ2n) is 9.23. The molecule has 5 rings (SSSR count). The average molecular weight is 490 g/mol. The van der Waals surface area contributed by atoms with Crippen molar-refractivity contribution in [2.24, 2.45) is 0 Å². The smallest absolute Gasteiger partial charge is 0.224 e. The highest BCUT2D eigenvalue weighted by molar-refractivity contribution is 5.79. The van der Waals surface area contributed by atoms with Gasteiger partial charge in [0.15, 0.2) is 0 Å². The van der Waals surface area contributed by atoms with Crippen LogP contribution in [0.1, 0.15) is 22.5 Å². The molecule has 37 heavy (non-hydrogen) atoms. The zero-order chi connectivity index (χ0) is 25.6. The van der Waals surface area contributed by atoms with Gasteiger partial charge in [-0.15, -0.1) is 0 Å². The summed E-state index contributed by atoms with van der Waals surface area (Å²) in [5.74, 6) is 1.69. The Labute approximate surface area is 217 Å². The lowest BCUT2D eigenvalue weighted by Crippen LogP contribution is -2.26. The van der Waals surface area contributed by atoms with Crippen LogP contribution in [0.5, 0.6) is 5.75 Å². The Morgan fingerprint density at radius 1 is 0.838 bits per heavy atom. The number of ether oxygens (including phenoxy) is 1. The third kappa shape index (κ3) is 5.72. The van der Waals surface area contributed by atoms with Crippen molar-refractivity contribution < 1.29 is 9.53 Å². The Kier molecular flexibility index (Phi) is 7.31. The van der Waals surface area contributed by atoms with E-state index in [0.29, 0.717) is 26.1 Å². The van der Waals surface area contributed by atoms with E-state index >= 15 is 0 Å². The maximum atomic E-state index is 12.8. The van der Waals surface area contributed by atoms with Crippen molar-refractivity contribution in [2.75, 3.05) is 6.61 Å². The lowest BCUT2D eigenvalue weighted by Gasteiger charge is -2.13. The number of nitrogens with zero attached hydrogens (tertiary/aromatic N) is 2. The molecule has 0 aliphatic heterocycles. The molecule has 0 fully saturated rings. The minimum absolute atomic E-state index is 0.0299. The number of amides is 1. The number of hydrogen-bond acceptors (Lipinski definition) is 3. The predicted octanol–water partition coefficient (Wildman–Crippen LogP) is 6.26. The standard InChI is InChI=1S/C32H31N3O2/c1-23-9-8-14-30(24(23)2)37-20-19-35-29-13-7-6-12-28(29)34-31(35)22-33-32(36)21-25-15-17-27(18-16-25)26-10-4-3-5-11-26/h3-18H,19-22H2,1-2H3,(H,33,36). The number of imidazole rings is 1. The molecule has 5 heteroatoms. The number of benzene rings is 4. The maximum absolute atomic E-state index is 12.8. The fraction of sp³-hybridized carbons (Fsp3) is 0.188. The molecule has 1 amide bonds. The largest absolute Gasteiger partial charge is 0.491 e. The van der Waals surface area contributed by atoms with Gasteiger partial charge in [0.05, 0.1) is 30.5 Å². The SMILES string of the molecule is Cc1cccc(OCCn2c(CNC(=O)Cc3ccc(-c4ccccc4)cc3)nc3ccccc32)c1C. The molecule has 5 aromatic rings. The van der Waals surface area contributed by atoms with E-state index in [4.69, 9.17) is 9.72 Å². The van der Waals surface area contributed by atoms with Gasteiger partial charge in [-0.1, -0.05) is 78.9 Å². The van der Waals surface area contributed by atoms with Gasteiger partial charge in [0.25, 0.3) is 0 Å². The Bertz CT molecular complexity index is 1500. The highest BCUT2D eigenvalue weighted by atomic mass is 16.5. The van der Waals surface area contributed by atoms with Gasteiger partial charge < -0.3 is 14.6 Å². The monoisotopic (exact) mass is 489 g/mol. The first-order chi connectivity index (χ1) is 18.1. The normalized spacial score (nSPS) is 11.0. The molecule has 1 N–H and O–H groups in total. The van der Waals surface area contributed by atoms with E-state index in [1.807, 2.05) is 60.7 Å². The van der Waals surface area contributed by atoms with Crippen LogP contribution in [0.3, 0.4) is 0 Å². The third-order valence-corrected chi connectivity index (χ3v) is 6.73. The van der Waals surface area contributed by atoms with Crippen molar-refractivity contribution in [3.63, 3.8) is 0 Å². The van der Waals surface area contributed by atoms with Crippen molar-refractivity contribution in [1.82, 2.24) is 14.9 Å². The van der Waals surface area contributed by atoms with Crippen LogP contribution in [0.2, 0.25) is 0 Å². The summed E-state index contributed by atoms with van der Waals surface area (Å²) in [5.41, 5.74) is 7.60. The van der Waals surface area contributed by atoms with Gasteiger partial charge in [-0.05, 0) is 59.9 Å². The van der Waals surface area contributed by atoms with Crippen LogP contribution in [0.15, 0.2) is 97.1 Å². The summed E-state index contributed by atoms with van der Waals surface area (Å²) < 4.78 is 8.24. The highest BCUT2D eigenvalue weighted by Crippen LogP contribution is 2.22. The summed E-state index contributed by atoms with van der Waals surface area (Å²) in [7, 11) is 0. The number of hydrogen-bond donors (Lipinski definition) is 1. The quantitative estimate of drug-likeness (QED) is 0.266. The van der Waals surface area contributed by atoms with Crippen LogP contribution in [-0.2, 0) is 24.3 Å². The summed E-state index contributed by atoms with van der Waals surface area (Å²) in [5, 5.41) is 3.06. The molecular formula is C32H31N3O2. The van der Waals surface area contributed by atoms with E-state index in [0.717, 1.165) is 39.3 Å². The molecule has 1 aromatic heterocycles. The van der Waals surface area contributed by atoms with E-state index in [-0.39, 0.29) is 5.91 Å². The van der Waals surface area contributed by atoms with Crippen LogP contribution in [0, 0.1) is 13.8 Å². The summed E-state index contributed by atoms with van der Waals surface area (Å²) in [6.07, 6.45) is 0.324. The Hall–Kier alpha value is -4.38. The Balaban J connectivity index is 1.23. The average Bonchev–Trinajstić information content (AvgIpc) is 3.28. The molecule has 0 saturated carbocycles. The van der Waals surface area contributed by atoms with Crippen molar-refractivity contribution >= 4 is 16.9 Å². The van der Waals surface area contributed by atoms with Crippen molar-refractivity contribution in [3.05, 3.63) is 120 Å². The van der Waals surface area contributed by atoms with Crippen molar-refractivity contribution in [3.8, 4) is 16.9 Å². The van der Waals surface area contributed by atoms with E-state index in [9.17, 15) is 4.79 Å². The number of aromatic nitrogens is 2. The number of nitrogens with one attached hydrogen (secondary N) is 1. The van der Waals surface area contributed by atoms with Crippen LogP contribution < -0.4 is 10.1 Å². The third-order valence-electron chi connectivity index (χ3n) is 6.73. The number of rotatable bonds is 9. The van der Waals surface area contributed by atoms with Gasteiger partial charge in [-0.3, -0.25) is 4.79 Å². The minimum atomic E-state index is -0.0299. The van der Waals surface area contributed by atoms with E-state index in [1.165, 1.54) is 11.1 Å². The fourth-order valence-corrected chi connectivity index (χ4v) is 4.51. The second kappa shape index (κ2) is 11.1. The van der Waals surface area contributed by atoms with E-state index in [1.54, 1.807) is 0 Å². The van der Waals surface area contributed by atoms with Gasteiger partial charge in [-0.25, -0.2) is 4.98 Å². The topological polar surface area (TPSA) is 56.1 Å². The van der Waals surface area contributed by atoms with Crippen LogP contribution in [0.4, 0.5) is 0 Å². The van der Waals surface area contributed by atoms with E-state index < -0.39 is 0 Å². The minimum Gasteiger partial charge on any atom is -0.491 e. The molecule has 0 saturated heterocycles. The highest BCUT2D eigenvalue weighted by Gasteiger charge is 2.13.